The molecule has 2 rings (SSSR count). The van der Waals surface area contributed by atoms with Crippen LogP contribution in [-0.2, 0) is 14.3 Å². The van der Waals surface area contributed by atoms with Crippen LogP contribution in [0, 0.1) is 5.92 Å². The predicted octanol–water partition coefficient (Wildman–Crippen LogP) is 4.10. The molecule has 0 unspecified atom stereocenters. The molecule has 6 nitrogen and oxygen atoms in total. The number of hydrogen-bond donors (Lipinski definition) is 0. The topological polar surface area (TPSA) is 72.9 Å². The Morgan fingerprint density at radius 3 is 2.70 bits per heavy atom. The van der Waals surface area contributed by atoms with E-state index in [0.29, 0.717) is 30.4 Å². The average Bonchev–Trinajstić information content (AvgIpc) is 2.88. The third-order valence-electron chi connectivity index (χ3n) is 3.70. The van der Waals surface area contributed by atoms with Crippen molar-refractivity contribution >= 4 is 35.0 Å². The number of ether oxygens (including phenoxy) is 2. The van der Waals surface area contributed by atoms with Crippen LogP contribution in [0.5, 0.6) is 5.75 Å². The van der Waals surface area contributed by atoms with Gasteiger partial charge in [-0.3, -0.25) is 19.3 Å². The Balaban J connectivity index is 2.09. The summed E-state index contributed by atoms with van der Waals surface area (Å²) in [6, 6.07) is 7.33. The molecule has 1 aliphatic heterocycles. The number of carbonyl (C=O) groups excluding carboxylic acids is 3. The Kier molecular flexibility index (Phi) is 7.91. The molecule has 0 N–H and O–H groups in total. The summed E-state index contributed by atoms with van der Waals surface area (Å²) in [4.78, 5) is 37.7. The van der Waals surface area contributed by atoms with Gasteiger partial charge in [0.2, 0.25) is 0 Å². The maximum atomic E-state index is 12.5. The lowest BCUT2D eigenvalue weighted by Crippen LogP contribution is -2.34. The molecular formula is C20H25NO5S. The van der Waals surface area contributed by atoms with Crippen LogP contribution in [0.4, 0.5) is 4.79 Å². The maximum absolute atomic E-state index is 12.5. The zero-order chi connectivity index (χ0) is 19.8. The number of hydrogen-bond acceptors (Lipinski definition) is 6. The second kappa shape index (κ2) is 10.2. The third kappa shape index (κ3) is 6.13. The third-order valence-corrected chi connectivity index (χ3v) is 4.61. The van der Waals surface area contributed by atoms with Gasteiger partial charge in [-0.2, -0.15) is 0 Å². The minimum absolute atomic E-state index is 0.266. The van der Waals surface area contributed by atoms with Crippen molar-refractivity contribution in [3.05, 3.63) is 34.7 Å². The van der Waals surface area contributed by atoms with Crippen LogP contribution >= 0.6 is 11.8 Å². The minimum Gasteiger partial charge on any atom is -0.493 e. The second-order valence-corrected chi connectivity index (χ2v) is 7.58. The van der Waals surface area contributed by atoms with Gasteiger partial charge in [-0.25, -0.2) is 0 Å². The van der Waals surface area contributed by atoms with Crippen molar-refractivity contribution in [3.8, 4) is 5.75 Å². The maximum Gasteiger partial charge on any atom is 0.326 e. The summed E-state index contributed by atoms with van der Waals surface area (Å²) >= 11 is 0.815. The first-order chi connectivity index (χ1) is 12.9. The lowest BCUT2D eigenvalue weighted by Gasteiger charge is -2.12. The Bertz CT molecular complexity index is 729. The summed E-state index contributed by atoms with van der Waals surface area (Å²) in [6.07, 6.45) is 3.28. The second-order valence-electron chi connectivity index (χ2n) is 6.58. The molecule has 1 aromatic rings. The fraction of sp³-hybridized carbons (Fsp3) is 0.450. The number of carbonyl (C=O) groups is 3. The molecule has 0 aromatic heterocycles. The Morgan fingerprint density at radius 2 is 2.00 bits per heavy atom. The monoisotopic (exact) mass is 391 g/mol. The summed E-state index contributed by atoms with van der Waals surface area (Å²) in [6.45, 7) is 6.56. The van der Waals surface area contributed by atoms with E-state index in [9.17, 15) is 14.4 Å². The molecule has 1 aromatic carbocycles. The van der Waals surface area contributed by atoms with Crippen LogP contribution < -0.4 is 4.74 Å². The molecule has 0 spiro atoms. The van der Waals surface area contributed by atoms with E-state index >= 15 is 0 Å². The van der Waals surface area contributed by atoms with Gasteiger partial charge in [-0.15, -0.1) is 0 Å². The zero-order valence-electron chi connectivity index (χ0n) is 15.9. The van der Waals surface area contributed by atoms with Crippen molar-refractivity contribution in [1.29, 1.82) is 0 Å². The van der Waals surface area contributed by atoms with E-state index in [1.165, 1.54) is 0 Å². The van der Waals surface area contributed by atoms with Crippen molar-refractivity contribution in [2.75, 3.05) is 19.8 Å². The van der Waals surface area contributed by atoms with Crippen LogP contribution in [0.1, 0.15) is 39.2 Å². The number of thioether (sulfide) groups is 1. The van der Waals surface area contributed by atoms with Crippen LogP contribution in [0.15, 0.2) is 29.2 Å². The number of nitrogens with zero attached hydrogens (tertiary/aromatic N) is 1. The molecule has 146 valence electrons. The molecule has 1 saturated heterocycles. The van der Waals surface area contributed by atoms with Crippen molar-refractivity contribution in [2.24, 2.45) is 5.92 Å². The van der Waals surface area contributed by atoms with Crippen molar-refractivity contribution in [3.63, 3.8) is 0 Å². The largest absolute Gasteiger partial charge is 0.493 e. The zero-order valence-corrected chi connectivity index (χ0v) is 16.7. The summed E-state index contributed by atoms with van der Waals surface area (Å²) in [5, 5.41) is -0.473. The van der Waals surface area contributed by atoms with E-state index in [1.54, 1.807) is 6.08 Å². The summed E-state index contributed by atoms with van der Waals surface area (Å²) in [7, 11) is 0. The summed E-state index contributed by atoms with van der Waals surface area (Å²) in [5.74, 6) is -0.0512. The number of unbranched alkanes of at least 4 members (excludes halogenated alkanes) is 1. The van der Waals surface area contributed by atoms with Gasteiger partial charge < -0.3 is 9.47 Å². The van der Waals surface area contributed by atoms with E-state index in [2.05, 4.69) is 0 Å². The van der Waals surface area contributed by atoms with Crippen molar-refractivity contribution in [1.82, 2.24) is 4.90 Å². The molecule has 0 atom stereocenters. The highest BCUT2D eigenvalue weighted by atomic mass is 32.2. The van der Waals surface area contributed by atoms with E-state index in [1.807, 2.05) is 45.0 Å². The standard InChI is InChI=1S/C20H25NO5S/c1-4-5-10-25-18(22)12-21-19(23)17(27-20(21)24)11-15-8-6-7-9-16(15)26-13-14(2)3/h6-9,11,14H,4-5,10,12-13H2,1-3H3/b17-11+. The molecule has 7 heteroatoms. The van der Waals surface area contributed by atoms with Crippen molar-refractivity contribution < 1.29 is 23.9 Å². The fourth-order valence-electron chi connectivity index (χ4n) is 2.27. The van der Waals surface area contributed by atoms with Crippen molar-refractivity contribution in [2.45, 2.75) is 33.6 Å². The molecule has 0 radical (unpaired) electrons. The van der Waals surface area contributed by atoms with Crippen LogP contribution in [0.25, 0.3) is 6.08 Å². The normalized spacial score (nSPS) is 15.7. The number of esters is 1. The highest BCUT2D eigenvalue weighted by Crippen LogP contribution is 2.34. The van der Waals surface area contributed by atoms with Gasteiger partial charge in [0.25, 0.3) is 11.1 Å². The number of rotatable bonds is 9. The molecule has 1 heterocycles. The Morgan fingerprint density at radius 1 is 1.26 bits per heavy atom. The van der Waals surface area contributed by atoms with Gasteiger partial charge in [0.05, 0.1) is 18.1 Å². The summed E-state index contributed by atoms with van der Waals surface area (Å²) in [5.41, 5.74) is 0.717. The molecule has 0 bridgehead atoms. The van der Waals surface area contributed by atoms with Gasteiger partial charge in [-0.05, 0) is 36.2 Å². The van der Waals surface area contributed by atoms with Gasteiger partial charge >= 0.3 is 5.97 Å². The van der Waals surface area contributed by atoms with E-state index in [0.717, 1.165) is 29.5 Å². The van der Waals surface area contributed by atoms with Gasteiger partial charge in [0, 0.05) is 5.56 Å². The van der Waals surface area contributed by atoms with Gasteiger partial charge in [0.15, 0.2) is 0 Å². The van der Waals surface area contributed by atoms with E-state index in [4.69, 9.17) is 9.47 Å². The Hall–Kier alpha value is -2.28. The smallest absolute Gasteiger partial charge is 0.326 e. The molecule has 0 aliphatic carbocycles. The first kappa shape index (κ1) is 21.0. The molecule has 27 heavy (non-hydrogen) atoms. The first-order valence-electron chi connectivity index (χ1n) is 9.05. The fourth-order valence-corrected chi connectivity index (χ4v) is 3.10. The number of para-hydroxylation sites is 1. The summed E-state index contributed by atoms with van der Waals surface area (Å²) < 4.78 is 10.8. The quantitative estimate of drug-likeness (QED) is 0.358. The van der Waals surface area contributed by atoms with E-state index < -0.39 is 17.1 Å². The van der Waals surface area contributed by atoms with E-state index in [-0.39, 0.29) is 11.4 Å². The highest BCUT2D eigenvalue weighted by Gasteiger charge is 2.36. The lowest BCUT2D eigenvalue weighted by atomic mass is 10.1. The SMILES string of the molecule is CCCCOC(=O)CN1C(=O)S/C(=C/c2ccccc2OCC(C)C)C1=O. The molecule has 0 saturated carbocycles. The minimum atomic E-state index is -0.576. The molecular weight excluding hydrogens is 366 g/mol. The average molecular weight is 391 g/mol. The van der Waals surface area contributed by atoms with Gasteiger partial charge in [0.1, 0.15) is 12.3 Å². The molecule has 2 amide bonds. The van der Waals surface area contributed by atoms with Crippen LogP contribution in [0.3, 0.4) is 0 Å². The number of imide groups is 1. The lowest BCUT2D eigenvalue weighted by molar-refractivity contribution is -0.146. The molecule has 1 fully saturated rings. The predicted molar refractivity (Wildman–Crippen MR) is 105 cm³/mol. The van der Waals surface area contributed by atoms with Crippen LogP contribution in [-0.4, -0.2) is 41.8 Å². The van der Waals surface area contributed by atoms with Crippen LogP contribution in [0.2, 0.25) is 0 Å². The first-order valence-corrected chi connectivity index (χ1v) is 9.86. The number of amides is 2. The Labute approximate surface area is 163 Å². The van der Waals surface area contributed by atoms with Gasteiger partial charge in [-0.1, -0.05) is 45.4 Å². The highest BCUT2D eigenvalue weighted by molar-refractivity contribution is 8.18. The number of benzene rings is 1. The molecule has 1 aliphatic rings.